The van der Waals surface area contributed by atoms with Crippen molar-refractivity contribution in [3.63, 3.8) is 0 Å². The van der Waals surface area contributed by atoms with Crippen LogP contribution in [0.15, 0.2) is 59.4 Å². The second kappa shape index (κ2) is 8.57. The SMILES string of the molecule is COc1cc2nccc(Oc3ccc(NC(=O)Nc4ccon4)cc3F)c2cc1OC. The summed E-state index contributed by atoms with van der Waals surface area (Å²) in [6, 6.07) is 9.97. The molecule has 10 heteroatoms. The lowest BCUT2D eigenvalue weighted by Crippen LogP contribution is -2.19. The predicted molar refractivity (Wildman–Crippen MR) is 110 cm³/mol. The van der Waals surface area contributed by atoms with Gasteiger partial charge in [0.1, 0.15) is 12.0 Å². The summed E-state index contributed by atoms with van der Waals surface area (Å²) in [4.78, 5) is 16.2. The molecule has 0 aliphatic rings. The minimum atomic E-state index is -0.662. The summed E-state index contributed by atoms with van der Waals surface area (Å²) >= 11 is 0. The number of hydrogen-bond acceptors (Lipinski definition) is 7. The van der Waals surface area contributed by atoms with Crippen LogP contribution in [-0.4, -0.2) is 30.4 Å². The number of nitrogens with one attached hydrogen (secondary N) is 2. The Labute approximate surface area is 175 Å². The number of nitrogens with zero attached hydrogens (tertiary/aromatic N) is 2. The number of amides is 2. The summed E-state index contributed by atoms with van der Waals surface area (Å²) in [7, 11) is 3.05. The zero-order chi connectivity index (χ0) is 21.8. The Morgan fingerprint density at radius 2 is 1.77 bits per heavy atom. The number of fused-ring (bicyclic) bond motifs is 1. The van der Waals surface area contributed by atoms with Crippen LogP contribution in [0, 0.1) is 5.82 Å². The number of aromatic nitrogens is 2. The third-order valence-corrected chi connectivity index (χ3v) is 4.30. The van der Waals surface area contributed by atoms with E-state index in [4.69, 9.17) is 14.2 Å². The zero-order valence-corrected chi connectivity index (χ0v) is 16.5. The van der Waals surface area contributed by atoms with Gasteiger partial charge in [-0.15, -0.1) is 0 Å². The first-order chi connectivity index (χ1) is 15.1. The highest BCUT2D eigenvalue weighted by atomic mass is 19.1. The summed E-state index contributed by atoms with van der Waals surface area (Å²) in [5.41, 5.74) is 0.829. The van der Waals surface area contributed by atoms with E-state index in [2.05, 4.69) is 25.3 Å². The van der Waals surface area contributed by atoms with E-state index in [-0.39, 0.29) is 17.3 Å². The second-order valence-electron chi connectivity index (χ2n) is 6.24. The molecule has 158 valence electrons. The molecule has 0 aliphatic carbocycles. The van der Waals surface area contributed by atoms with Gasteiger partial charge < -0.3 is 24.1 Å². The van der Waals surface area contributed by atoms with Crippen LogP contribution in [0.1, 0.15) is 0 Å². The smallest absolute Gasteiger partial charge is 0.324 e. The van der Waals surface area contributed by atoms with Crippen LogP contribution >= 0.6 is 0 Å². The normalized spacial score (nSPS) is 10.5. The van der Waals surface area contributed by atoms with Crippen LogP contribution in [0.5, 0.6) is 23.0 Å². The summed E-state index contributed by atoms with van der Waals surface area (Å²) in [5.74, 6) is 0.939. The van der Waals surface area contributed by atoms with Crippen molar-refractivity contribution < 1.29 is 27.9 Å². The molecule has 2 amide bonds. The summed E-state index contributed by atoms with van der Waals surface area (Å²) in [5, 5.41) is 9.13. The van der Waals surface area contributed by atoms with E-state index in [1.54, 1.807) is 24.4 Å². The Morgan fingerprint density at radius 1 is 0.968 bits per heavy atom. The van der Waals surface area contributed by atoms with Gasteiger partial charge in [-0.05, 0) is 24.3 Å². The highest BCUT2D eigenvalue weighted by molar-refractivity contribution is 5.99. The molecule has 0 fully saturated rings. The van der Waals surface area contributed by atoms with Crippen LogP contribution in [0.25, 0.3) is 10.9 Å². The van der Waals surface area contributed by atoms with Crippen molar-refractivity contribution in [2.75, 3.05) is 24.9 Å². The molecule has 2 heterocycles. The Morgan fingerprint density at radius 3 is 2.48 bits per heavy atom. The van der Waals surface area contributed by atoms with E-state index >= 15 is 0 Å². The van der Waals surface area contributed by atoms with Crippen molar-refractivity contribution in [1.29, 1.82) is 0 Å². The first kappa shape index (κ1) is 20.0. The molecular formula is C21H17FN4O5. The van der Waals surface area contributed by atoms with Gasteiger partial charge in [0.15, 0.2) is 28.9 Å². The van der Waals surface area contributed by atoms with Crippen molar-refractivity contribution in [3.05, 3.63) is 60.7 Å². The van der Waals surface area contributed by atoms with Crippen LogP contribution < -0.4 is 24.8 Å². The van der Waals surface area contributed by atoms with Gasteiger partial charge in [0.25, 0.3) is 0 Å². The van der Waals surface area contributed by atoms with Crippen molar-refractivity contribution in [2.45, 2.75) is 0 Å². The lowest BCUT2D eigenvalue weighted by molar-refractivity contribution is 0.262. The van der Waals surface area contributed by atoms with E-state index in [0.717, 1.165) is 6.07 Å². The van der Waals surface area contributed by atoms with Crippen LogP contribution in [-0.2, 0) is 0 Å². The molecule has 0 unspecified atom stereocenters. The fourth-order valence-electron chi connectivity index (χ4n) is 2.87. The quantitative estimate of drug-likeness (QED) is 0.457. The van der Waals surface area contributed by atoms with Gasteiger partial charge in [0.2, 0.25) is 0 Å². The number of carbonyl (C=O) groups excluding carboxylic acids is 1. The van der Waals surface area contributed by atoms with Crippen molar-refractivity contribution >= 4 is 28.4 Å². The fraction of sp³-hybridized carbons (Fsp3) is 0.0952. The molecule has 2 aromatic heterocycles. The molecule has 0 saturated carbocycles. The third-order valence-electron chi connectivity index (χ3n) is 4.30. The number of ether oxygens (including phenoxy) is 3. The lowest BCUT2D eigenvalue weighted by Gasteiger charge is -2.13. The van der Waals surface area contributed by atoms with Gasteiger partial charge in [0, 0.05) is 35.5 Å². The molecule has 4 aromatic rings. The maximum absolute atomic E-state index is 14.6. The number of benzene rings is 2. The Hall–Kier alpha value is -4.34. The molecule has 0 aliphatic heterocycles. The van der Waals surface area contributed by atoms with Crippen molar-refractivity contribution in [2.24, 2.45) is 0 Å². The molecule has 2 aromatic carbocycles. The molecule has 31 heavy (non-hydrogen) atoms. The number of urea groups is 1. The second-order valence-corrected chi connectivity index (χ2v) is 6.24. The zero-order valence-electron chi connectivity index (χ0n) is 16.5. The van der Waals surface area contributed by atoms with Crippen LogP contribution in [0.4, 0.5) is 20.7 Å². The van der Waals surface area contributed by atoms with Gasteiger partial charge in [-0.25, -0.2) is 9.18 Å². The molecule has 0 atom stereocenters. The van der Waals surface area contributed by atoms with Crippen LogP contribution in [0.2, 0.25) is 0 Å². The monoisotopic (exact) mass is 424 g/mol. The van der Waals surface area contributed by atoms with Gasteiger partial charge in [0.05, 0.1) is 19.7 Å². The average molecular weight is 424 g/mol. The maximum Gasteiger partial charge on any atom is 0.324 e. The number of pyridine rings is 1. The highest BCUT2D eigenvalue weighted by Crippen LogP contribution is 2.37. The van der Waals surface area contributed by atoms with Gasteiger partial charge >= 0.3 is 6.03 Å². The van der Waals surface area contributed by atoms with Crippen molar-refractivity contribution in [3.8, 4) is 23.0 Å². The van der Waals surface area contributed by atoms with E-state index < -0.39 is 11.8 Å². The largest absolute Gasteiger partial charge is 0.493 e. The molecule has 0 spiro atoms. The summed E-state index contributed by atoms with van der Waals surface area (Å²) in [6.07, 6.45) is 2.86. The predicted octanol–water partition coefficient (Wildman–Crippen LogP) is 4.82. The van der Waals surface area contributed by atoms with E-state index in [1.165, 1.54) is 38.7 Å². The van der Waals surface area contributed by atoms with Crippen molar-refractivity contribution in [1.82, 2.24) is 10.1 Å². The molecular weight excluding hydrogens is 407 g/mol. The molecule has 2 N–H and O–H groups in total. The first-order valence-electron chi connectivity index (χ1n) is 9.04. The highest BCUT2D eigenvalue weighted by Gasteiger charge is 2.14. The minimum absolute atomic E-state index is 0.0234. The molecule has 0 bridgehead atoms. The van der Waals surface area contributed by atoms with E-state index in [0.29, 0.717) is 28.2 Å². The average Bonchev–Trinajstić information content (AvgIpc) is 3.27. The Kier molecular flexibility index (Phi) is 5.52. The molecule has 0 radical (unpaired) electrons. The standard InChI is InChI=1S/C21H17FN4O5/c1-28-18-10-13-15(11-19(18)29-2)23-7-5-16(13)31-17-4-3-12(9-14(17)22)24-21(27)25-20-6-8-30-26-20/h3-11H,1-2H3,(H2,24,25,26,27). The fourth-order valence-corrected chi connectivity index (χ4v) is 2.87. The lowest BCUT2D eigenvalue weighted by atomic mass is 10.2. The summed E-state index contributed by atoms with van der Waals surface area (Å²) in [6.45, 7) is 0. The Balaban J connectivity index is 1.55. The number of methoxy groups -OCH3 is 2. The molecule has 4 rings (SSSR count). The number of hydrogen-bond donors (Lipinski definition) is 2. The number of rotatable bonds is 6. The maximum atomic E-state index is 14.6. The topological polar surface area (TPSA) is 108 Å². The Bertz CT molecular complexity index is 1230. The summed E-state index contributed by atoms with van der Waals surface area (Å²) < 4.78 is 35.7. The van der Waals surface area contributed by atoms with E-state index in [1.807, 2.05) is 0 Å². The van der Waals surface area contributed by atoms with Gasteiger partial charge in [-0.2, -0.15) is 0 Å². The van der Waals surface area contributed by atoms with Gasteiger partial charge in [-0.1, -0.05) is 5.16 Å². The van der Waals surface area contributed by atoms with E-state index in [9.17, 15) is 9.18 Å². The number of anilines is 2. The van der Waals surface area contributed by atoms with Gasteiger partial charge in [-0.3, -0.25) is 10.3 Å². The minimum Gasteiger partial charge on any atom is -0.493 e. The number of carbonyl (C=O) groups is 1. The molecule has 0 saturated heterocycles. The third kappa shape index (κ3) is 4.32. The number of halogens is 1. The first-order valence-corrected chi connectivity index (χ1v) is 9.04. The molecule has 9 nitrogen and oxygen atoms in total. The van der Waals surface area contributed by atoms with Crippen LogP contribution in [0.3, 0.4) is 0 Å².